The highest BCUT2D eigenvalue weighted by molar-refractivity contribution is 5.31. The van der Waals surface area contributed by atoms with Crippen molar-refractivity contribution in [1.29, 1.82) is 0 Å². The minimum atomic E-state index is -0.439. The van der Waals surface area contributed by atoms with Crippen LogP contribution in [0.1, 0.15) is 5.69 Å². The summed E-state index contributed by atoms with van der Waals surface area (Å²) in [6.45, 7) is 2.71. The van der Waals surface area contributed by atoms with Gasteiger partial charge in [0, 0.05) is 7.11 Å². The average molecular weight is 185 g/mol. The Labute approximate surface area is 75.3 Å². The highest BCUT2D eigenvalue weighted by Gasteiger charge is 2.15. The number of nitrogens with zero attached hydrogens (tertiary/aromatic N) is 3. The zero-order chi connectivity index (χ0) is 9.84. The second kappa shape index (κ2) is 3.99. The van der Waals surface area contributed by atoms with Crippen molar-refractivity contribution in [2.75, 3.05) is 13.7 Å². The molecule has 0 saturated heterocycles. The van der Waals surface area contributed by atoms with Crippen molar-refractivity contribution in [2.45, 2.75) is 13.5 Å². The van der Waals surface area contributed by atoms with Crippen LogP contribution >= 0.6 is 0 Å². The lowest BCUT2D eigenvalue weighted by molar-refractivity contribution is -0.385. The molecular weight excluding hydrogens is 174 g/mol. The monoisotopic (exact) mass is 185 g/mol. The molecule has 0 N–H and O–H groups in total. The molecule has 1 aromatic rings. The van der Waals surface area contributed by atoms with E-state index >= 15 is 0 Å². The van der Waals surface area contributed by atoms with Crippen LogP contribution in [0.3, 0.4) is 0 Å². The van der Waals surface area contributed by atoms with Crippen molar-refractivity contribution < 1.29 is 9.66 Å². The minimum Gasteiger partial charge on any atom is -0.383 e. The first kappa shape index (κ1) is 9.66. The Bertz CT molecular complexity index is 308. The molecule has 0 saturated carbocycles. The molecule has 6 nitrogen and oxygen atoms in total. The van der Waals surface area contributed by atoms with E-state index in [9.17, 15) is 10.1 Å². The summed E-state index contributed by atoms with van der Waals surface area (Å²) in [4.78, 5) is 9.99. The fraction of sp³-hybridized carbons (Fsp3) is 0.571. The van der Waals surface area contributed by atoms with E-state index in [-0.39, 0.29) is 5.69 Å². The molecule has 0 amide bonds. The van der Waals surface area contributed by atoms with Gasteiger partial charge in [0.05, 0.1) is 18.1 Å². The van der Waals surface area contributed by atoms with Gasteiger partial charge in [-0.2, -0.15) is 5.10 Å². The molecule has 72 valence electrons. The minimum absolute atomic E-state index is 0.0519. The summed E-state index contributed by atoms with van der Waals surface area (Å²) in [5.41, 5.74) is 0.609. The lowest BCUT2D eigenvalue weighted by atomic mass is 10.4. The number of hydrogen-bond acceptors (Lipinski definition) is 4. The topological polar surface area (TPSA) is 70.2 Å². The van der Waals surface area contributed by atoms with Crippen molar-refractivity contribution in [3.8, 4) is 0 Å². The van der Waals surface area contributed by atoms with E-state index in [1.54, 1.807) is 18.7 Å². The molecule has 0 aliphatic carbocycles. The number of methoxy groups -OCH3 is 1. The second-order valence-electron chi connectivity index (χ2n) is 2.59. The molecule has 0 radical (unpaired) electrons. The van der Waals surface area contributed by atoms with Gasteiger partial charge in [-0.25, -0.2) is 0 Å². The first-order valence-electron chi connectivity index (χ1n) is 3.82. The summed E-state index contributed by atoms with van der Waals surface area (Å²) in [5, 5.41) is 14.3. The van der Waals surface area contributed by atoms with E-state index in [0.717, 1.165) is 0 Å². The molecule has 0 aromatic carbocycles. The van der Waals surface area contributed by atoms with Gasteiger partial charge in [0.2, 0.25) is 0 Å². The first-order chi connectivity index (χ1) is 6.16. The molecule has 0 fully saturated rings. The Balaban J connectivity index is 2.80. The fourth-order valence-corrected chi connectivity index (χ4v) is 1.02. The van der Waals surface area contributed by atoms with Crippen LogP contribution in [0.5, 0.6) is 0 Å². The predicted octanol–water partition coefficient (Wildman–Crippen LogP) is 0.746. The number of ether oxygens (including phenoxy) is 1. The lowest BCUT2D eigenvalue weighted by Crippen LogP contribution is -2.07. The third kappa shape index (κ3) is 2.03. The van der Waals surface area contributed by atoms with Crippen LogP contribution in [0, 0.1) is 17.0 Å². The zero-order valence-corrected chi connectivity index (χ0v) is 7.56. The normalized spacial score (nSPS) is 10.3. The number of rotatable bonds is 4. The summed E-state index contributed by atoms with van der Waals surface area (Å²) in [6.07, 6.45) is 1.25. The maximum atomic E-state index is 10.4. The average Bonchev–Trinajstić information content (AvgIpc) is 2.43. The van der Waals surface area contributed by atoms with Crippen molar-refractivity contribution in [1.82, 2.24) is 9.78 Å². The smallest absolute Gasteiger partial charge is 0.309 e. The van der Waals surface area contributed by atoms with E-state index in [1.807, 2.05) is 0 Å². The Hall–Kier alpha value is -1.43. The molecular formula is C7H11N3O3. The summed E-state index contributed by atoms with van der Waals surface area (Å²) in [5.74, 6) is 0. The Morgan fingerprint density at radius 3 is 2.92 bits per heavy atom. The van der Waals surface area contributed by atoms with E-state index in [2.05, 4.69) is 5.10 Å². The third-order valence-electron chi connectivity index (χ3n) is 1.78. The van der Waals surface area contributed by atoms with Crippen LogP contribution in [0.2, 0.25) is 0 Å². The number of hydrogen-bond donors (Lipinski definition) is 0. The van der Waals surface area contributed by atoms with E-state index in [4.69, 9.17) is 4.74 Å². The molecule has 6 heteroatoms. The number of nitro groups is 1. The maximum absolute atomic E-state index is 10.4. The van der Waals surface area contributed by atoms with Gasteiger partial charge in [-0.05, 0) is 6.92 Å². The summed E-state index contributed by atoms with van der Waals surface area (Å²) in [7, 11) is 1.58. The summed E-state index contributed by atoms with van der Waals surface area (Å²) in [6, 6.07) is 0. The molecule has 13 heavy (non-hydrogen) atoms. The lowest BCUT2D eigenvalue weighted by Gasteiger charge is -2.01. The second-order valence-corrected chi connectivity index (χ2v) is 2.59. The molecule has 1 aromatic heterocycles. The molecule has 0 unspecified atom stereocenters. The van der Waals surface area contributed by atoms with E-state index in [1.165, 1.54) is 6.20 Å². The van der Waals surface area contributed by atoms with Crippen LogP contribution in [0.4, 0.5) is 5.69 Å². The highest BCUT2D eigenvalue weighted by Crippen LogP contribution is 2.15. The van der Waals surface area contributed by atoms with Crippen LogP contribution in [0.15, 0.2) is 6.20 Å². The molecule has 0 aliphatic rings. The van der Waals surface area contributed by atoms with Gasteiger partial charge in [0.15, 0.2) is 0 Å². The summed E-state index contributed by atoms with van der Waals surface area (Å²) >= 11 is 0. The molecule has 0 aliphatic heterocycles. The van der Waals surface area contributed by atoms with Crippen LogP contribution < -0.4 is 0 Å². The Kier molecular flexibility index (Phi) is 2.97. The Morgan fingerprint density at radius 1 is 1.77 bits per heavy atom. The van der Waals surface area contributed by atoms with Crippen molar-refractivity contribution >= 4 is 5.69 Å². The standard InChI is InChI=1S/C7H11N3O3/c1-6-7(10(11)12)5-8-9(6)3-4-13-2/h5H,3-4H2,1-2H3. The zero-order valence-electron chi connectivity index (χ0n) is 7.56. The van der Waals surface area contributed by atoms with E-state index in [0.29, 0.717) is 18.8 Å². The highest BCUT2D eigenvalue weighted by atomic mass is 16.6. The van der Waals surface area contributed by atoms with Crippen LogP contribution in [0.25, 0.3) is 0 Å². The van der Waals surface area contributed by atoms with Gasteiger partial charge in [0.25, 0.3) is 0 Å². The van der Waals surface area contributed by atoms with E-state index < -0.39 is 4.92 Å². The van der Waals surface area contributed by atoms with Gasteiger partial charge in [-0.15, -0.1) is 0 Å². The summed E-state index contributed by atoms with van der Waals surface area (Å²) < 4.78 is 6.40. The maximum Gasteiger partial charge on any atom is 0.309 e. The van der Waals surface area contributed by atoms with Crippen molar-refractivity contribution in [2.24, 2.45) is 0 Å². The largest absolute Gasteiger partial charge is 0.383 e. The molecule has 0 spiro atoms. The van der Waals surface area contributed by atoms with Gasteiger partial charge in [-0.3, -0.25) is 14.8 Å². The first-order valence-corrected chi connectivity index (χ1v) is 3.82. The molecule has 1 rings (SSSR count). The van der Waals surface area contributed by atoms with Crippen LogP contribution in [-0.2, 0) is 11.3 Å². The Morgan fingerprint density at radius 2 is 2.46 bits per heavy atom. The van der Waals surface area contributed by atoms with Crippen molar-refractivity contribution in [3.63, 3.8) is 0 Å². The quantitative estimate of drug-likeness (QED) is 0.512. The van der Waals surface area contributed by atoms with Crippen molar-refractivity contribution in [3.05, 3.63) is 22.0 Å². The van der Waals surface area contributed by atoms with Gasteiger partial charge < -0.3 is 4.74 Å². The molecule has 1 heterocycles. The van der Waals surface area contributed by atoms with Gasteiger partial charge in [0.1, 0.15) is 11.9 Å². The fourth-order valence-electron chi connectivity index (χ4n) is 1.02. The number of aromatic nitrogens is 2. The van der Waals surface area contributed by atoms with Gasteiger partial charge >= 0.3 is 5.69 Å². The molecule has 0 bridgehead atoms. The molecule has 0 atom stereocenters. The predicted molar refractivity (Wildman–Crippen MR) is 45.5 cm³/mol. The van der Waals surface area contributed by atoms with Crippen LogP contribution in [-0.4, -0.2) is 28.4 Å². The SMILES string of the molecule is COCCn1ncc([N+](=O)[O-])c1C. The third-order valence-corrected chi connectivity index (χ3v) is 1.78. The van der Waals surface area contributed by atoms with Gasteiger partial charge in [-0.1, -0.05) is 0 Å².